The maximum atomic E-state index is 5.96. The van der Waals surface area contributed by atoms with Crippen molar-refractivity contribution in [3.63, 3.8) is 0 Å². The summed E-state index contributed by atoms with van der Waals surface area (Å²) in [7, 11) is 3.30. The molecule has 1 aromatic carbocycles. The van der Waals surface area contributed by atoms with Gasteiger partial charge in [0.1, 0.15) is 23.0 Å². The van der Waals surface area contributed by atoms with Gasteiger partial charge in [0.25, 0.3) is 0 Å². The molecule has 32 heavy (non-hydrogen) atoms. The molecule has 0 bridgehead atoms. The molecule has 0 radical (unpaired) electrons. The fraction of sp³-hybridized carbons (Fsp3) is 0.522. The zero-order chi connectivity index (χ0) is 22.1. The number of benzene rings is 1. The topological polar surface area (TPSA) is 80.5 Å². The Morgan fingerprint density at radius 2 is 1.91 bits per heavy atom. The minimum Gasteiger partial charge on any atom is -0.497 e. The van der Waals surface area contributed by atoms with E-state index in [4.69, 9.17) is 23.6 Å². The first-order chi connectivity index (χ1) is 15.1. The molecule has 8 nitrogen and oxygen atoms in total. The third kappa shape index (κ3) is 7.28. The Balaban J connectivity index is 0.00000363. The summed E-state index contributed by atoms with van der Waals surface area (Å²) in [6, 6.07) is 9.95. The summed E-state index contributed by atoms with van der Waals surface area (Å²) in [4.78, 5) is 7.16. The average Bonchev–Trinajstić information content (AvgIpc) is 3.24. The minimum absolute atomic E-state index is 0. The number of nitrogens with zero attached hydrogens (tertiary/aromatic N) is 2. The number of furan rings is 1. The van der Waals surface area contributed by atoms with E-state index in [-0.39, 0.29) is 30.0 Å². The highest BCUT2D eigenvalue weighted by Crippen LogP contribution is 2.25. The molecule has 2 N–H and O–H groups in total. The van der Waals surface area contributed by atoms with E-state index in [2.05, 4.69) is 28.5 Å². The van der Waals surface area contributed by atoms with Gasteiger partial charge in [0.05, 0.1) is 40.0 Å². The lowest BCUT2D eigenvalue weighted by Gasteiger charge is -2.33. The summed E-state index contributed by atoms with van der Waals surface area (Å²) in [6.45, 7) is 9.20. The summed E-state index contributed by atoms with van der Waals surface area (Å²) >= 11 is 0. The number of hydrogen-bond acceptors (Lipinski definition) is 6. The second-order valence-electron chi connectivity index (χ2n) is 7.37. The van der Waals surface area contributed by atoms with E-state index >= 15 is 0 Å². The Labute approximate surface area is 207 Å². The molecule has 1 fully saturated rings. The smallest absolute Gasteiger partial charge is 0.191 e. The Hall–Kier alpha value is -1.98. The average molecular weight is 558 g/mol. The highest BCUT2D eigenvalue weighted by Gasteiger charge is 2.25. The molecule has 0 aliphatic carbocycles. The van der Waals surface area contributed by atoms with Crippen molar-refractivity contribution in [2.45, 2.75) is 26.4 Å². The van der Waals surface area contributed by atoms with Crippen LogP contribution in [0.15, 0.2) is 39.7 Å². The molecule has 1 aliphatic rings. The number of methoxy groups -OCH3 is 2. The number of aryl methyl sites for hydroxylation is 1. The first-order valence-electron chi connectivity index (χ1n) is 10.8. The van der Waals surface area contributed by atoms with E-state index in [0.29, 0.717) is 13.1 Å². The highest BCUT2D eigenvalue weighted by molar-refractivity contribution is 14.0. The van der Waals surface area contributed by atoms with Crippen molar-refractivity contribution in [2.24, 2.45) is 4.99 Å². The van der Waals surface area contributed by atoms with Gasteiger partial charge in [-0.25, -0.2) is 4.99 Å². The second-order valence-corrected chi connectivity index (χ2v) is 7.37. The van der Waals surface area contributed by atoms with Crippen LogP contribution in [0, 0.1) is 6.92 Å². The number of aliphatic imine (C=N–C) groups is 1. The van der Waals surface area contributed by atoms with Crippen LogP contribution < -0.4 is 20.1 Å². The number of hydrogen-bond donors (Lipinski definition) is 2. The number of ether oxygens (including phenoxy) is 3. The molecule has 1 atom stereocenters. The van der Waals surface area contributed by atoms with Crippen molar-refractivity contribution >= 4 is 29.9 Å². The molecule has 1 aliphatic heterocycles. The number of halogens is 1. The van der Waals surface area contributed by atoms with Crippen molar-refractivity contribution in [2.75, 3.05) is 53.6 Å². The van der Waals surface area contributed by atoms with Crippen LogP contribution in [0.4, 0.5) is 0 Å². The molecule has 178 valence electrons. The van der Waals surface area contributed by atoms with Gasteiger partial charge < -0.3 is 29.3 Å². The normalized spacial score (nSPS) is 15.6. The zero-order valence-corrected chi connectivity index (χ0v) is 21.7. The summed E-state index contributed by atoms with van der Waals surface area (Å²) in [6.07, 6.45) is 0. The van der Waals surface area contributed by atoms with Crippen molar-refractivity contribution in [1.29, 1.82) is 0 Å². The fourth-order valence-electron chi connectivity index (χ4n) is 3.61. The van der Waals surface area contributed by atoms with Gasteiger partial charge in [-0.1, -0.05) is 0 Å². The Morgan fingerprint density at radius 1 is 1.12 bits per heavy atom. The molecule has 0 saturated carbocycles. The van der Waals surface area contributed by atoms with Crippen LogP contribution in [0.5, 0.6) is 11.5 Å². The van der Waals surface area contributed by atoms with Crippen LogP contribution in [0.2, 0.25) is 0 Å². The Bertz CT molecular complexity index is 852. The molecule has 0 spiro atoms. The van der Waals surface area contributed by atoms with Crippen LogP contribution >= 0.6 is 24.0 Å². The monoisotopic (exact) mass is 558 g/mol. The number of nitrogens with one attached hydrogen (secondary N) is 2. The molecule has 2 aromatic rings. The molecule has 2 heterocycles. The lowest BCUT2D eigenvalue weighted by Crippen LogP contribution is -2.46. The van der Waals surface area contributed by atoms with E-state index in [0.717, 1.165) is 67.4 Å². The molecule has 1 saturated heterocycles. The standard InChI is InChI=1S/C23H34N4O4.HI/c1-5-24-23(25-15-18-7-8-19(28-3)14-22(18)29-4)26-16-20(21-9-6-17(2)31-21)27-10-12-30-13-11-27;/h6-9,14,20H,5,10-13,15-16H2,1-4H3,(H2,24,25,26);1H. The SMILES string of the molecule is CCNC(=NCc1ccc(OC)cc1OC)NCC(c1ccc(C)o1)N1CCOCC1.I. The molecular formula is C23H35IN4O4. The van der Waals surface area contributed by atoms with Crippen molar-refractivity contribution in [3.05, 3.63) is 47.4 Å². The van der Waals surface area contributed by atoms with E-state index in [1.807, 2.05) is 31.2 Å². The van der Waals surface area contributed by atoms with Gasteiger partial charge in [-0.05, 0) is 38.1 Å². The van der Waals surface area contributed by atoms with Crippen molar-refractivity contribution in [3.8, 4) is 11.5 Å². The molecule has 1 unspecified atom stereocenters. The predicted molar refractivity (Wildman–Crippen MR) is 136 cm³/mol. The third-order valence-electron chi connectivity index (χ3n) is 5.28. The molecule has 9 heteroatoms. The van der Waals surface area contributed by atoms with Crippen molar-refractivity contribution < 1.29 is 18.6 Å². The molecule has 0 amide bonds. The van der Waals surface area contributed by atoms with Gasteiger partial charge in [0.15, 0.2) is 5.96 Å². The van der Waals surface area contributed by atoms with Gasteiger partial charge in [0.2, 0.25) is 0 Å². The molecular weight excluding hydrogens is 523 g/mol. The van der Waals surface area contributed by atoms with Gasteiger partial charge in [0, 0.05) is 37.8 Å². The molecule has 3 rings (SSSR count). The van der Waals surface area contributed by atoms with E-state index in [1.165, 1.54) is 0 Å². The van der Waals surface area contributed by atoms with Gasteiger partial charge in [-0.3, -0.25) is 4.90 Å². The van der Waals surface area contributed by atoms with Gasteiger partial charge in [-0.2, -0.15) is 0 Å². The van der Waals surface area contributed by atoms with Crippen molar-refractivity contribution in [1.82, 2.24) is 15.5 Å². The van der Waals surface area contributed by atoms with Crippen LogP contribution in [0.1, 0.15) is 30.0 Å². The minimum atomic E-state index is 0. The van der Waals surface area contributed by atoms with Gasteiger partial charge in [-0.15, -0.1) is 24.0 Å². The molecule has 1 aromatic heterocycles. The van der Waals surface area contributed by atoms with Gasteiger partial charge >= 0.3 is 0 Å². The zero-order valence-electron chi connectivity index (χ0n) is 19.3. The third-order valence-corrected chi connectivity index (χ3v) is 5.28. The highest BCUT2D eigenvalue weighted by atomic mass is 127. The number of rotatable bonds is 9. The quantitative estimate of drug-likeness (QED) is 0.278. The second kappa shape index (κ2) is 13.5. The first kappa shape index (κ1) is 26.3. The van der Waals surface area contributed by atoms with Crippen LogP contribution in [-0.2, 0) is 11.3 Å². The van der Waals surface area contributed by atoms with Crippen LogP contribution in [0.25, 0.3) is 0 Å². The Kier molecular flexibility index (Phi) is 11.1. The number of guanidine groups is 1. The maximum Gasteiger partial charge on any atom is 0.191 e. The lowest BCUT2D eigenvalue weighted by atomic mass is 10.1. The van der Waals surface area contributed by atoms with E-state index in [1.54, 1.807) is 14.2 Å². The first-order valence-corrected chi connectivity index (χ1v) is 10.8. The van der Waals surface area contributed by atoms with Crippen LogP contribution in [0.3, 0.4) is 0 Å². The Morgan fingerprint density at radius 3 is 2.53 bits per heavy atom. The van der Waals surface area contributed by atoms with E-state index in [9.17, 15) is 0 Å². The summed E-state index contributed by atoms with van der Waals surface area (Å²) in [5.41, 5.74) is 0.992. The predicted octanol–water partition coefficient (Wildman–Crippen LogP) is 3.35. The number of morpholine rings is 1. The lowest BCUT2D eigenvalue weighted by molar-refractivity contribution is 0.0124. The maximum absolute atomic E-state index is 5.96. The van der Waals surface area contributed by atoms with E-state index < -0.39 is 0 Å². The summed E-state index contributed by atoms with van der Waals surface area (Å²) < 4.78 is 22.3. The largest absolute Gasteiger partial charge is 0.497 e. The fourth-order valence-corrected chi connectivity index (χ4v) is 3.61. The summed E-state index contributed by atoms with van der Waals surface area (Å²) in [5, 5.41) is 6.81. The van der Waals surface area contributed by atoms with Crippen LogP contribution in [-0.4, -0.2) is 64.5 Å². The summed E-state index contributed by atoms with van der Waals surface area (Å²) in [5.74, 6) is 4.15.